The highest BCUT2D eigenvalue weighted by atomic mass is 79.9. The van der Waals surface area contributed by atoms with Crippen LogP contribution in [-0.2, 0) is 6.42 Å². The van der Waals surface area contributed by atoms with Crippen molar-refractivity contribution in [1.29, 1.82) is 0 Å². The highest BCUT2D eigenvalue weighted by Crippen LogP contribution is 2.21. The lowest BCUT2D eigenvalue weighted by molar-refractivity contribution is -0.385. The first-order valence-corrected chi connectivity index (χ1v) is 11.4. The number of ether oxygens (including phenoxy) is 1. The van der Waals surface area contributed by atoms with Crippen LogP contribution >= 0.6 is 15.9 Å². The zero-order chi connectivity index (χ0) is 24.1. The van der Waals surface area contributed by atoms with Crippen molar-refractivity contribution in [2.24, 2.45) is 5.10 Å². The van der Waals surface area contributed by atoms with E-state index in [0.29, 0.717) is 28.9 Å². The van der Waals surface area contributed by atoms with Crippen LogP contribution in [0.2, 0.25) is 0 Å². The molecule has 2 aromatic heterocycles. The van der Waals surface area contributed by atoms with Gasteiger partial charge in [-0.15, -0.1) is 0 Å². The number of rotatable bonds is 8. The van der Waals surface area contributed by atoms with E-state index in [1.807, 2.05) is 12.1 Å². The van der Waals surface area contributed by atoms with Crippen LogP contribution in [0.5, 0.6) is 11.6 Å². The third-order valence-electron chi connectivity index (χ3n) is 4.99. The van der Waals surface area contributed by atoms with E-state index in [9.17, 15) is 14.9 Å². The molecule has 0 fully saturated rings. The molecule has 0 aliphatic heterocycles. The SMILES string of the molecule is CCCCc1nc2ccc(Br)cc2c(=O)n1N=Cc1ccc(Oc2ccc([N+](=O)[O-])cn2)cc1. The van der Waals surface area contributed by atoms with Crippen LogP contribution in [0.25, 0.3) is 10.9 Å². The summed E-state index contributed by atoms with van der Waals surface area (Å²) in [5.74, 6) is 1.37. The van der Waals surface area contributed by atoms with Gasteiger partial charge in [-0.2, -0.15) is 9.78 Å². The monoisotopic (exact) mass is 521 g/mol. The first kappa shape index (κ1) is 23.2. The molecule has 0 radical (unpaired) electrons. The number of unbranched alkanes of at least 4 members (excludes halogenated alkanes) is 1. The second-order valence-corrected chi connectivity index (χ2v) is 8.35. The fourth-order valence-electron chi connectivity index (χ4n) is 3.22. The lowest BCUT2D eigenvalue weighted by Crippen LogP contribution is -2.22. The number of nitro groups is 1. The average Bonchev–Trinajstić information content (AvgIpc) is 2.84. The summed E-state index contributed by atoms with van der Waals surface area (Å²) in [6.45, 7) is 2.08. The van der Waals surface area contributed by atoms with E-state index in [1.165, 1.54) is 16.8 Å². The van der Waals surface area contributed by atoms with E-state index in [1.54, 1.807) is 36.5 Å². The molecule has 0 N–H and O–H groups in total. The van der Waals surface area contributed by atoms with Crippen molar-refractivity contribution in [2.75, 3.05) is 0 Å². The highest BCUT2D eigenvalue weighted by molar-refractivity contribution is 9.10. The second-order valence-electron chi connectivity index (χ2n) is 7.44. The van der Waals surface area contributed by atoms with Gasteiger partial charge in [0.25, 0.3) is 11.2 Å². The summed E-state index contributed by atoms with van der Waals surface area (Å²) in [4.78, 5) is 31.9. The molecule has 0 amide bonds. The molecule has 4 rings (SSSR count). The summed E-state index contributed by atoms with van der Waals surface area (Å²) in [6.07, 6.45) is 5.25. The molecule has 0 saturated carbocycles. The fourth-order valence-corrected chi connectivity index (χ4v) is 3.58. The van der Waals surface area contributed by atoms with Gasteiger partial charge < -0.3 is 4.74 Å². The van der Waals surface area contributed by atoms with Crippen molar-refractivity contribution in [3.63, 3.8) is 0 Å². The Morgan fingerprint density at radius 1 is 1.18 bits per heavy atom. The van der Waals surface area contributed by atoms with Crippen molar-refractivity contribution in [2.45, 2.75) is 26.2 Å². The minimum Gasteiger partial charge on any atom is -0.439 e. The summed E-state index contributed by atoms with van der Waals surface area (Å²) in [7, 11) is 0. The van der Waals surface area contributed by atoms with Crippen molar-refractivity contribution in [3.05, 3.63) is 97.1 Å². The number of pyridine rings is 1. The Hall–Kier alpha value is -3.92. The molecule has 9 nitrogen and oxygen atoms in total. The summed E-state index contributed by atoms with van der Waals surface area (Å²) in [6, 6.07) is 15.2. The highest BCUT2D eigenvalue weighted by Gasteiger charge is 2.11. The molecule has 0 aliphatic rings. The van der Waals surface area contributed by atoms with Gasteiger partial charge >= 0.3 is 0 Å². The molecule has 0 unspecified atom stereocenters. The van der Waals surface area contributed by atoms with Crippen molar-refractivity contribution < 1.29 is 9.66 Å². The van der Waals surface area contributed by atoms with E-state index < -0.39 is 4.92 Å². The molecule has 0 spiro atoms. The maximum atomic E-state index is 13.1. The number of aromatic nitrogens is 3. The smallest absolute Gasteiger partial charge is 0.287 e. The molecule has 0 atom stereocenters. The normalized spacial score (nSPS) is 11.2. The summed E-state index contributed by atoms with van der Waals surface area (Å²) < 4.78 is 7.78. The van der Waals surface area contributed by atoms with Crippen LogP contribution < -0.4 is 10.3 Å². The number of fused-ring (bicyclic) bond motifs is 1. The van der Waals surface area contributed by atoms with E-state index in [2.05, 4.69) is 37.9 Å². The minimum absolute atomic E-state index is 0.108. The number of halogens is 1. The van der Waals surface area contributed by atoms with Gasteiger partial charge in [0.2, 0.25) is 5.88 Å². The molecule has 10 heteroatoms. The first-order valence-electron chi connectivity index (χ1n) is 10.6. The summed E-state index contributed by atoms with van der Waals surface area (Å²) in [5, 5.41) is 15.7. The van der Waals surface area contributed by atoms with Gasteiger partial charge in [-0.1, -0.05) is 29.3 Å². The maximum Gasteiger partial charge on any atom is 0.287 e. The summed E-state index contributed by atoms with van der Waals surface area (Å²) >= 11 is 3.41. The molecule has 2 heterocycles. The largest absolute Gasteiger partial charge is 0.439 e. The maximum absolute atomic E-state index is 13.1. The predicted molar refractivity (Wildman–Crippen MR) is 133 cm³/mol. The Labute approximate surface area is 203 Å². The molecule has 0 bridgehead atoms. The standard InChI is InChI=1S/C24H20BrN5O4/c1-2-3-4-22-28-21-11-7-17(25)13-20(21)24(31)29(22)27-14-16-5-9-19(10-6-16)34-23-12-8-18(15-26-23)30(32)33/h5-15H,2-4H2,1H3. The van der Waals surface area contributed by atoms with Crippen LogP contribution in [0, 0.1) is 10.1 Å². The van der Waals surface area contributed by atoms with Crippen molar-refractivity contribution >= 4 is 38.7 Å². The van der Waals surface area contributed by atoms with E-state index in [0.717, 1.165) is 29.1 Å². The lowest BCUT2D eigenvalue weighted by Gasteiger charge is -2.09. The van der Waals surface area contributed by atoms with Crippen molar-refractivity contribution in [3.8, 4) is 11.6 Å². The Balaban J connectivity index is 1.57. The molecular weight excluding hydrogens is 502 g/mol. The van der Waals surface area contributed by atoms with Crippen LogP contribution in [0.3, 0.4) is 0 Å². The van der Waals surface area contributed by atoms with Gasteiger partial charge in [0, 0.05) is 23.0 Å². The van der Waals surface area contributed by atoms with Gasteiger partial charge in [-0.25, -0.2) is 9.97 Å². The molecule has 0 aliphatic carbocycles. The Kier molecular flexibility index (Phi) is 7.07. The number of hydrogen-bond donors (Lipinski definition) is 0. The number of benzene rings is 2. The molecule has 0 saturated heterocycles. The van der Waals surface area contributed by atoms with E-state index >= 15 is 0 Å². The predicted octanol–water partition coefficient (Wildman–Crippen LogP) is 5.48. The number of hydrogen-bond acceptors (Lipinski definition) is 7. The lowest BCUT2D eigenvalue weighted by atomic mass is 10.2. The van der Waals surface area contributed by atoms with Crippen LogP contribution in [0.4, 0.5) is 5.69 Å². The molecule has 34 heavy (non-hydrogen) atoms. The van der Waals surface area contributed by atoms with E-state index in [4.69, 9.17) is 4.74 Å². The first-order chi connectivity index (χ1) is 16.4. The second kappa shape index (κ2) is 10.3. The third kappa shape index (κ3) is 5.34. The Morgan fingerprint density at radius 3 is 2.65 bits per heavy atom. The average molecular weight is 522 g/mol. The zero-order valence-electron chi connectivity index (χ0n) is 18.2. The quantitative estimate of drug-likeness (QED) is 0.172. The van der Waals surface area contributed by atoms with Crippen LogP contribution in [0.15, 0.2) is 75.2 Å². The van der Waals surface area contributed by atoms with Crippen LogP contribution in [0.1, 0.15) is 31.2 Å². The fraction of sp³-hybridized carbons (Fsp3) is 0.167. The van der Waals surface area contributed by atoms with Crippen molar-refractivity contribution in [1.82, 2.24) is 14.6 Å². The molecule has 2 aromatic carbocycles. The minimum atomic E-state index is -0.520. The van der Waals surface area contributed by atoms with Gasteiger partial charge in [0.15, 0.2) is 0 Å². The Bertz CT molecular complexity index is 1420. The van der Waals surface area contributed by atoms with E-state index in [-0.39, 0.29) is 17.1 Å². The topological polar surface area (TPSA) is 113 Å². The zero-order valence-corrected chi connectivity index (χ0v) is 19.8. The molecule has 4 aromatic rings. The van der Waals surface area contributed by atoms with Gasteiger partial charge in [-0.05, 0) is 54.4 Å². The van der Waals surface area contributed by atoms with Gasteiger partial charge in [0.1, 0.15) is 17.8 Å². The molecule has 172 valence electrons. The summed E-state index contributed by atoms with van der Waals surface area (Å²) in [5.41, 5.74) is 1.07. The third-order valence-corrected chi connectivity index (χ3v) is 5.48. The van der Waals surface area contributed by atoms with Crippen LogP contribution in [-0.4, -0.2) is 25.8 Å². The number of aryl methyl sites for hydroxylation is 1. The van der Waals surface area contributed by atoms with Gasteiger partial charge in [-0.3, -0.25) is 14.9 Å². The van der Waals surface area contributed by atoms with Gasteiger partial charge in [0.05, 0.1) is 22.0 Å². The number of nitrogens with zero attached hydrogens (tertiary/aromatic N) is 5. The molecular formula is C24H20BrN5O4. The Morgan fingerprint density at radius 2 is 1.97 bits per heavy atom.